The summed E-state index contributed by atoms with van der Waals surface area (Å²) in [5, 5.41) is 6.32. The quantitative estimate of drug-likeness (QED) is 0.121. The van der Waals surface area contributed by atoms with E-state index in [1.807, 2.05) is 24.7 Å². The topological polar surface area (TPSA) is 30.7 Å². The maximum absolute atomic E-state index is 5.34. The first-order chi connectivity index (χ1) is 25.8. The van der Waals surface area contributed by atoms with E-state index in [0.29, 0.717) is 0 Å². The molecule has 3 aromatic heterocycles. The van der Waals surface area contributed by atoms with E-state index in [9.17, 15) is 0 Å². The predicted octanol–water partition coefficient (Wildman–Crippen LogP) is 13.8. The Kier molecular flexibility index (Phi) is 8.59. The molecule has 0 amide bonds. The number of hydrogen-bond donors (Lipinski definition) is 0. The van der Waals surface area contributed by atoms with Gasteiger partial charge < -0.3 is 4.57 Å². The Bertz CT molecular complexity index is 2550. The van der Waals surface area contributed by atoms with E-state index >= 15 is 0 Å². The zero-order chi connectivity index (χ0) is 35.1. The van der Waals surface area contributed by atoms with Crippen LogP contribution in [0, 0.1) is 0 Å². The molecule has 3 nitrogen and oxygen atoms in total. The molecule has 3 heteroatoms. The maximum Gasteiger partial charge on any atom is 0.0757 e. The van der Waals surface area contributed by atoms with Crippen molar-refractivity contribution in [2.45, 2.75) is 83.5 Å². The molecule has 0 radical (unpaired) electrons. The van der Waals surface area contributed by atoms with Crippen LogP contribution >= 0.6 is 0 Å². The van der Waals surface area contributed by atoms with Crippen molar-refractivity contribution in [1.82, 2.24) is 14.5 Å². The molecule has 52 heavy (non-hydrogen) atoms. The summed E-state index contributed by atoms with van der Waals surface area (Å²) in [6.07, 6.45) is 18.2. The van der Waals surface area contributed by atoms with Crippen LogP contribution in [0.4, 0.5) is 0 Å². The van der Waals surface area contributed by atoms with E-state index < -0.39 is 0 Å². The van der Waals surface area contributed by atoms with E-state index in [1.54, 1.807) is 0 Å². The Balaban J connectivity index is 1.42. The molecule has 0 saturated carbocycles. The fourth-order valence-electron chi connectivity index (χ4n) is 9.63. The molecule has 1 aliphatic carbocycles. The summed E-state index contributed by atoms with van der Waals surface area (Å²) in [6, 6.07) is 40.7. The molecule has 5 aromatic carbocycles. The Labute approximate surface area is 307 Å². The van der Waals surface area contributed by atoms with Crippen LogP contribution in [0.2, 0.25) is 0 Å². The van der Waals surface area contributed by atoms with Crippen molar-refractivity contribution in [3.8, 4) is 27.9 Å². The molecular formula is C49H47N3. The van der Waals surface area contributed by atoms with Gasteiger partial charge in [-0.3, -0.25) is 9.97 Å². The van der Waals surface area contributed by atoms with Gasteiger partial charge in [0.25, 0.3) is 0 Å². The highest BCUT2D eigenvalue weighted by atomic mass is 15.0. The highest BCUT2D eigenvalue weighted by Gasteiger charge is 2.45. The molecule has 0 N–H and O–H groups in total. The van der Waals surface area contributed by atoms with Crippen LogP contribution in [-0.4, -0.2) is 14.5 Å². The van der Waals surface area contributed by atoms with Gasteiger partial charge in [0.2, 0.25) is 0 Å². The van der Waals surface area contributed by atoms with Crippen molar-refractivity contribution in [3.05, 3.63) is 139 Å². The van der Waals surface area contributed by atoms with Crippen LogP contribution in [0.3, 0.4) is 0 Å². The molecule has 258 valence electrons. The average Bonchev–Trinajstić information content (AvgIpc) is 3.69. The van der Waals surface area contributed by atoms with E-state index in [2.05, 4.69) is 127 Å². The van der Waals surface area contributed by atoms with E-state index in [1.165, 1.54) is 128 Å². The number of para-hydroxylation sites is 1. The van der Waals surface area contributed by atoms with E-state index in [0.717, 1.165) is 18.4 Å². The predicted molar refractivity (Wildman–Crippen MR) is 221 cm³/mol. The van der Waals surface area contributed by atoms with Gasteiger partial charge in [-0.1, -0.05) is 150 Å². The molecule has 9 rings (SSSR count). The van der Waals surface area contributed by atoms with E-state index in [-0.39, 0.29) is 5.41 Å². The molecule has 1 aliphatic rings. The largest absolute Gasteiger partial charge is 0.308 e. The van der Waals surface area contributed by atoms with Crippen molar-refractivity contribution >= 4 is 43.5 Å². The number of aromatic nitrogens is 3. The van der Waals surface area contributed by atoms with Gasteiger partial charge in [0.1, 0.15) is 0 Å². The molecule has 0 spiro atoms. The first kappa shape index (κ1) is 32.6. The molecule has 0 bridgehead atoms. The van der Waals surface area contributed by atoms with Gasteiger partial charge in [0.15, 0.2) is 0 Å². The average molecular weight is 678 g/mol. The summed E-state index contributed by atoms with van der Waals surface area (Å²) in [6.45, 7) is 4.64. The van der Waals surface area contributed by atoms with Gasteiger partial charge in [-0.05, 0) is 64.7 Å². The molecule has 0 fully saturated rings. The minimum Gasteiger partial charge on any atom is -0.308 e. The lowest BCUT2D eigenvalue weighted by molar-refractivity contribution is 0.403. The second-order valence-corrected chi connectivity index (χ2v) is 14.9. The van der Waals surface area contributed by atoms with Gasteiger partial charge in [0.05, 0.1) is 22.2 Å². The zero-order valence-electron chi connectivity index (χ0n) is 30.5. The third-order valence-electron chi connectivity index (χ3n) is 11.9. The van der Waals surface area contributed by atoms with Gasteiger partial charge in [-0.25, -0.2) is 0 Å². The Morgan fingerprint density at radius 1 is 0.577 bits per heavy atom. The molecule has 8 aromatic rings. The molecule has 0 unspecified atom stereocenters. The first-order valence-electron chi connectivity index (χ1n) is 19.6. The molecule has 0 atom stereocenters. The SMILES string of the molecule is CCCCCCC1(CCCCCC)c2ccccc2-c2c1c1ncccc1c1c3ccccc3n(-c3ccc(-c4cccnc4)c4ccccc34)c21. The fourth-order valence-corrected chi connectivity index (χ4v) is 9.63. The number of fused-ring (bicyclic) bond motifs is 11. The number of pyridine rings is 2. The monoisotopic (exact) mass is 677 g/mol. The summed E-state index contributed by atoms with van der Waals surface area (Å²) in [5.74, 6) is 0. The van der Waals surface area contributed by atoms with Crippen LogP contribution in [0.1, 0.15) is 89.2 Å². The summed E-state index contributed by atoms with van der Waals surface area (Å²) in [5.41, 5.74) is 12.9. The second kappa shape index (κ2) is 13.7. The van der Waals surface area contributed by atoms with Crippen molar-refractivity contribution < 1.29 is 0 Å². The Morgan fingerprint density at radius 3 is 2.04 bits per heavy atom. The third-order valence-corrected chi connectivity index (χ3v) is 11.9. The van der Waals surface area contributed by atoms with E-state index in [4.69, 9.17) is 4.98 Å². The van der Waals surface area contributed by atoms with Gasteiger partial charge in [-0.2, -0.15) is 0 Å². The van der Waals surface area contributed by atoms with Crippen LogP contribution in [-0.2, 0) is 5.41 Å². The normalized spacial score (nSPS) is 13.3. The highest BCUT2D eigenvalue weighted by molar-refractivity contribution is 6.27. The van der Waals surface area contributed by atoms with Crippen molar-refractivity contribution in [1.29, 1.82) is 0 Å². The second-order valence-electron chi connectivity index (χ2n) is 14.9. The minimum absolute atomic E-state index is 0.0816. The number of unbranched alkanes of at least 4 members (excludes halogenated alkanes) is 6. The number of hydrogen-bond acceptors (Lipinski definition) is 2. The van der Waals surface area contributed by atoms with Crippen LogP contribution in [0.15, 0.2) is 128 Å². The molecule has 3 heterocycles. The lowest BCUT2D eigenvalue weighted by Crippen LogP contribution is -2.26. The van der Waals surface area contributed by atoms with Crippen LogP contribution in [0.5, 0.6) is 0 Å². The lowest BCUT2D eigenvalue weighted by atomic mass is 9.70. The molecule has 0 aliphatic heterocycles. The van der Waals surface area contributed by atoms with Crippen molar-refractivity contribution in [2.24, 2.45) is 0 Å². The van der Waals surface area contributed by atoms with Gasteiger partial charge in [0, 0.05) is 56.7 Å². The van der Waals surface area contributed by atoms with Gasteiger partial charge >= 0.3 is 0 Å². The smallest absolute Gasteiger partial charge is 0.0757 e. The number of benzene rings is 5. The molecular weight excluding hydrogens is 631 g/mol. The fraction of sp³-hybridized carbons (Fsp3) is 0.265. The molecule has 0 saturated heterocycles. The highest BCUT2D eigenvalue weighted by Crippen LogP contribution is 2.59. The Morgan fingerprint density at radius 2 is 1.27 bits per heavy atom. The third kappa shape index (κ3) is 5.08. The van der Waals surface area contributed by atoms with Crippen LogP contribution in [0.25, 0.3) is 71.4 Å². The van der Waals surface area contributed by atoms with Crippen LogP contribution < -0.4 is 0 Å². The summed E-state index contributed by atoms with van der Waals surface area (Å²) >= 11 is 0. The van der Waals surface area contributed by atoms with Gasteiger partial charge in [-0.15, -0.1) is 0 Å². The van der Waals surface area contributed by atoms with Crippen molar-refractivity contribution in [2.75, 3.05) is 0 Å². The summed E-state index contributed by atoms with van der Waals surface area (Å²) in [7, 11) is 0. The first-order valence-corrected chi connectivity index (χ1v) is 19.6. The summed E-state index contributed by atoms with van der Waals surface area (Å²) in [4.78, 5) is 9.82. The number of rotatable bonds is 12. The summed E-state index contributed by atoms with van der Waals surface area (Å²) < 4.78 is 2.60. The minimum atomic E-state index is -0.0816. The number of nitrogens with zero attached hydrogens (tertiary/aromatic N) is 3. The lowest BCUT2D eigenvalue weighted by Gasteiger charge is -2.33. The standard InChI is InChI=1S/C49H47N3/c1-3-5-7-15-29-49(30-16-8-6-4-2)41-25-13-11-22-38(41)45-46(49)47-40(24-18-32-51-47)44-39-23-12-14-26-42(39)52(48(44)45)43-28-27-35(34-19-17-31-50-33-34)36-20-9-10-21-37(36)43/h9-14,17-28,31-33H,3-8,15-16,29-30H2,1-2H3. The Hall–Kier alpha value is -5.28. The maximum atomic E-state index is 5.34. The zero-order valence-corrected chi connectivity index (χ0v) is 30.5. The van der Waals surface area contributed by atoms with Crippen molar-refractivity contribution in [3.63, 3.8) is 0 Å².